The Morgan fingerprint density at radius 2 is 1.81 bits per heavy atom. The largest absolute Gasteiger partial charge is 0.493 e. The third-order valence-electron chi connectivity index (χ3n) is 4.40. The Morgan fingerprint density at radius 1 is 1.10 bits per heavy atom. The summed E-state index contributed by atoms with van der Waals surface area (Å²) in [5.74, 6) is 0.455. The minimum atomic E-state index is -0.678. The van der Waals surface area contributed by atoms with Crippen LogP contribution in [0.5, 0.6) is 11.5 Å². The van der Waals surface area contributed by atoms with Crippen LogP contribution in [-0.4, -0.2) is 36.1 Å². The van der Waals surface area contributed by atoms with E-state index in [-0.39, 0.29) is 11.7 Å². The van der Waals surface area contributed by atoms with E-state index in [0.29, 0.717) is 22.8 Å². The number of ether oxygens (including phenoxy) is 3. The van der Waals surface area contributed by atoms with Crippen LogP contribution in [-0.2, 0) is 9.53 Å². The molecule has 3 aromatic rings. The standard InChI is InChI=1S/C24H23N3O4/c1-16(2)31-24(28)18(14-25)12-19-15-27(20-8-6-5-7-9-20)26-23(19)17-10-11-21(29-3)22(13-17)30-4/h5-13,15-16H,1-4H3/b18-12+. The highest BCUT2D eigenvalue weighted by molar-refractivity contribution is 5.99. The van der Waals surface area contributed by atoms with E-state index in [1.165, 1.54) is 6.08 Å². The number of para-hydroxylation sites is 1. The Hall–Kier alpha value is -4.05. The van der Waals surface area contributed by atoms with Gasteiger partial charge in [0.25, 0.3) is 0 Å². The molecule has 0 aliphatic carbocycles. The summed E-state index contributed by atoms with van der Waals surface area (Å²) in [6.45, 7) is 3.46. The summed E-state index contributed by atoms with van der Waals surface area (Å²) in [4.78, 5) is 12.3. The van der Waals surface area contributed by atoms with E-state index < -0.39 is 5.97 Å². The second-order valence-corrected chi connectivity index (χ2v) is 6.91. The Balaban J connectivity index is 2.16. The van der Waals surface area contributed by atoms with E-state index in [9.17, 15) is 10.1 Å². The van der Waals surface area contributed by atoms with Crippen molar-refractivity contribution < 1.29 is 19.0 Å². The first-order chi connectivity index (χ1) is 15.0. The van der Waals surface area contributed by atoms with Gasteiger partial charge in [0, 0.05) is 17.3 Å². The fourth-order valence-corrected chi connectivity index (χ4v) is 2.98. The number of methoxy groups -OCH3 is 2. The van der Waals surface area contributed by atoms with Crippen molar-refractivity contribution in [1.29, 1.82) is 5.26 Å². The summed E-state index contributed by atoms with van der Waals surface area (Å²) >= 11 is 0. The number of rotatable bonds is 7. The van der Waals surface area contributed by atoms with Crippen LogP contribution in [0.2, 0.25) is 0 Å². The molecule has 158 valence electrons. The second kappa shape index (κ2) is 9.63. The average Bonchev–Trinajstić information content (AvgIpc) is 3.20. The monoisotopic (exact) mass is 417 g/mol. The third-order valence-corrected chi connectivity index (χ3v) is 4.40. The highest BCUT2D eigenvalue weighted by Gasteiger charge is 2.18. The van der Waals surface area contributed by atoms with Crippen LogP contribution in [0.15, 0.2) is 60.3 Å². The predicted molar refractivity (Wildman–Crippen MR) is 117 cm³/mol. The molecule has 0 aliphatic rings. The van der Waals surface area contributed by atoms with Gasteiger partial charge < -0.3 is 14.2 Å². The number of carbonyl (C=O) groups is 1. The molecule has 0 N–H and O–H groups in total. The van der Waals surface area contributed by atoms with E-state index in [0.717, 1.165) is 11.3 Å². The first-order valence-electron chi connectivity index (χ1n) is 9.67. The molecular weight excluding hydrogens is 394 g/mol. The van der Waals surface area contributed by atoms with Crippen molar-refractivity contribution in [1.82, 2.24) is 9.78 Å². The van der Waals surface area contributed by atoms with Crippen molar-refractivity contribution in [3.63, 3.8) is 0 Å². The number of nitriles is 1. The maximum absolute atomic E-state index is 12.3. The number of nitrogens with zero attached hydrogens (tertiary/aromatic N) is 3. The fourth-order valence-electron chi connectivity index (χ4n) is 2.98. The predicted octanol–water partition coefficient (Wildman–Crippen LogP) is 4.42. The number of hydrogen-bond donors (Lipinski definition) is 0. The van der Waals surface area contributed by atoms with E-state index in [1.54, 1.807) is 51.1 Å². The maximum atomic E-state index is 12.3. The van der Waals surface area contributed by atoms with Gasteiger partial charge in [-0.05, 0) is 50.3 Å². The van der Waals surface area contributed by atoms with Gasteiger partial charge in [-0.1, -0.05) is 18.2 Å². The Labute approximate surface area is 181 Å². The van der Waals surface area contributed by atoms with Crippen molar-refractivity contribution in [3.8, 4) is 34.5 Å². The number of esters is 1. The minimum absolute atomic E-state index is 0.108. The summed E-state index contributed by atoms with van der Waals surface area (Å²) in [6.07, 6.45) is 2.92. The lowest BCUT2D eigenvalue weighted by Crippen LogP contribution is -2.12. The van der Waals surface area contributed by atoms with E-state index in [1.807, 2.05) is 42.5 Å². The van der Waals surface area contributed by atoms with E-state index in [4.69, 9.17) is 19.3 Å². The molecule has 1 heterocycles. The molecule has 1 aromatic heterocycles. The summed E-state index contributed by atoms with van der Waals surface area (Å²) in [7, 11) is 3.12. The van der Waals surface area contributed by atoms with Gasteiger partial charge in [0.2, 0.25) is 0 Å². The van der Waals surface area contributed by atoms with Crippen molar-refractivity contribution in [3.05, 3.63) is 65.9 Å². The molecule has 7 nitrogen and oxygen atoms in total. The van der Waals surface area contributed by atoms with Gasteiger partial charge in [-0.2, -0.15) is 10.4 Å². The number of hydrogen-bond acceptors (Lipinski definition) is 6. The quantitative estimate of drug-likeness (QED) is 0.321. The molecule has 0 bridgehead atoms. The van der Waals surface area contributed by atoms with E-state index >= 15 is 0 Å². The normalized spacial score (nSPS) is 11.2. The zero-order valence-corrected chi connectivity index (χ0v) is 17.8. The molecular formula is C24H23N3O4. The SMILES string of the molecule is COc1ccc(-c2nn(-c3ccccc3)cc2/C=C(\C#N)C(=O)OC(C)C)cc1OC. The van der Waals surface area contributed by atoms with Gasteiger partial charge in [0.05, 0.1) is 26.0 Å². The minimum Gasteiger partial charge on any atom is -0.493 e. The molecule has 0 saturated carbocycles. The number of carbonyl (C=O) groups excluding carboxylic acids is 1. The van der Waals surface area contributed by atoms with Gasteiger partial charge in [0.1, 0.15) is 17.3 Å². The summed E-state index contributed by atoms with van der Waals surface area (Å²) < 4.78 is 17.6. The molecule has 3 rings (SSSR count). The lowest BCUT2D eigenvalue weighted by atomic mass is 10.1. The topological polar surface area (TPSA) is 86.4 Å². The van der Waals surface area contributed by atoms with E-state index in [2.05, 4.69) is 0 Å². The Bertz CT molecular complexity index is 1140. The van der Waals surface area contributed by atoms with Gasteiger partial charge in [-0.15, -0.1) is 0 Å². The Morgan fingerprint density at radius 3 is 2.42 bits per heavy atom. The lowest BCUT2D eigenvalue weighted by Gasteiger charge is -2.09. The zero-order chi connectivity index (χ0) is 22.4. The second-order valence-electron chi connectivity index (χ2n) is 6.91. The zero-order valence-electron chi connectivity index (χ0n) is 17.8. The Kier molecular flexibility index (Phi) is 6.73. The van der Waals surface area contributed by atoms with Crippen LogP contribution in [0.1, 0.15) is 19.4 Å². The third kappa shape index (κ3) is 4.93. The van der Waals surface area contributed by atoms with Crippen LogP contribution >= 0.6 is 0 Å². The first-order valence-corrected chi connectivity index (χ1v) is 9.67. The fraction of sp³-hybridized carbons (Fsp3) is 0.208. The van der Waals surface area contributed by atoms with Crippen LogP contribution in [0, 0.1) is 11.3 Å². The van der Waals surface area contributed by atoms with Gasteiger partial charge in [-0.3, -0.25) is 0 Å². The molecule has 0 amide bonds. The summed E-state index contributed by atoms with van der Waals surface area (Å²) in [6, 6.07) is 16.9. The van der Waals surface area contributed by atoms with Gasteiger partial charge in [-0.25, -0.2) is 9.48 Å². The molecule has 0 unspecified atom stereocenters. The highest BCUT2D eigenvalue weighted by atomic mass is 16.5. The van der Waals surface area contributed by atoms with Crippen molar-refractivity contribution in [2.75, 3.05) is 14.2 Å². The average molecular weight is 417 g/mol. The molecule has 0 aliphatic heterocycles. The molecule has 0 spiro atoms. The number of benzene rings is 2. The van der Waals surface area contributed by atoms with Gasteiger partial charge >= 0.3 is 5.97 Å². The molecule has 0 radical (unpaired) electrons. The highest BCUT2D eigenvalue weighted by Crippen LogP contribution is 2.34. The molecule has 0 atom stereocenters. The smallest absolute Gasteiger partial charge is 0.349 e. The van der Waals surface area contributed by atoms with Crippen LogP contribution in [0.25, 0.3) is 23.0 Å². The molecule has 2 aromatic carbocycles. The van der Waals surface area contributed by atoms with Crippen LogP contribution < -0.4 is 9.47 Å². The van der Waals surface area contributed by atoms with Gasteiger partial charge in [0.15, 0.2) is 11.5 Å². The number of aromatic nitrogens is 2. The summed E-state index contributed by atoms with van der Waals surface area (Å²) in [5.41, 5.74) is 2.64. The van der Waals surface area contributed by atoms with Crippen molar-refractivity contribution in [2.24, 2.45) is 0 Å². The first kappa shape index (κ1) is 21.7. The lowest BCUT2D eigenvalue weighted by molar-refractivity contribution is -0.142. The van der Waals surface area contributed by atoms with Crippen LogP contribution in [0.3, 0.4) is 0 Å². The van der Waals surface area contributed by atoms with Crippen molar-refractivity contribution in [2.45, 2.75) is 20.0 Å². The molecule has 0 saturated heterocycles. The summed E-state index contributed by atoms with van der Waals surface area (Å²) in [5, 5.41) is 14.2. The maximum Gasteiger partial charge on any atom is 0.349 e. The van der Waals surface area contributed by atoms with Crippen molar-refractivity contribution >= 4 is 12.0 Å². The van der Waals surface area contributed by atoms with Crippen LogP contribution in [0.4, 0.5) is 0 Å². The molecule has 31 heavy (non-hydrogen) atoms. The molecule has 0 fully saturated rings. The molecule has 7 heteroatoms.